The molecule has 15 heavy (non-hydrogen) atoms. The Balaban J connectivity index is 2.46. The summed E-state index contributed by atoms with van der Waals surface area (Å²) in [6.07, 6.45) is 1.19. The molecule has 0 spiro atoms. The van der Waals surface area contributed by atoms with E-state index in [2.05, 4.69) is 5.16 Å². The lowest BCUT2D eigenvalue weighted by atomic mass is 9.89. The SMILES string of the molecule is COc1ccc2c(c1)CC/C(=N/O)C2=O. The van der Waals surface area contributed by atoms with Gasteiger partial charge in [0.1, 0.15) is 11.5 Å². The molecule has 4 heteroatoms. The Kier molecular flexibility index (Phi) is 2.41. The van der Waals surface area contributed by atoms with Gasteiger partial charge in [-0.05, 0) is 30.2 Å². The summed E-state index contributed by atoms with van der Waals surface area (Å²) in [6.45, 7) is 0. The predicted octanol–water partition coefficient (Wildman–Crippen LogP) is 1.65. The second-order valence-corrected chi connectivity index (χ2v) is 3.40. The van der Waals surface area contributed by atoms with Crippen molar-refractivity contribution in [2.75, 3.05) is 7.11 Å². The number of oxime groups is 1. The Morgan fingerprint density at radius 3 is 2.87 bits per heavy atom. The van der Waals surface area contributed by atoms with Gasteiger partial charge in [0.25, 0.3) is 0 Å². The largest absolute Gasteiger partial charge is 0.497 e. The summed E-state index contributed by atoms with van der Waals surface area (Å²) >= 11 is 0. The second-order valence-electron chi connectivity index (χ2n) is 3.40. The van der Waals surface area contributed by atoms with Crippen molar-refractivity contribution in [2.45, 2.75) is 12.8 Å². The average molecular weight is 205 g/mol. The lowest BCUT2D eigenvalue weighted by Gasteiger charge is -2.15. The second kappa shape index (κ2) is 3.73. The molecule has 0 atom stereocenters. The normalized spacial score (nSPS) is 17.7. The van der Waals surface area contributed by atoms with E-state index in [1.807, 2.05) is 6.07 Å². The Morgan fingerprint density at radius 2 is 2.20 bits per heavy atom. The molecule has 0 radical (unpaired) electrons. The highest BCUT2D eigenvalue weighted by Gasteiger charge is 2.23. The number of fused-ring (bicyclic) bond motifs is 1. The number of benzene rings is 1. The van der Waals surface area contributed by atoms with Crippen LogP contribution in [0.1, 0.15) is 22.3 Å². The van der Waals surface area contributed by atoms with Crippen molar-refractivity contribution in [3.63, 3.8) is 0 Å². The minimum Gasteiger partial charge on any atom is -0.497 e. The zero-order valence-corrected chi connectivity index (χ0v) is 8.36. The molecule has 1 aliphatic carbocycles. The van der Waals surface area contributed by atoms with Gasteiger partial charge in [-0.25, -0.2) is 0 Å². The molecule has 0 saturated heterocycles. The molecule has 0 amide bonds. The number of carbonyl (C=O) groups excluding carboxylic acids is 1. The fraction of sp³-hybridized carbons (Fsp3) is 0.273. The first-order valence-corrected chi connectivity index (χ1v) is 4.69. The lowest BCUT2D eigenvalue weighted by Crippen LogP contribution is -2.22. The van der Waals surface area contributed by atoms with Crippen molar-refractivity contribution >= 4 is 11.5 Å². The molecule has 0 unspecified atom stereocenters. The highest BCUT2D eigenvalue weighted by Crippen LogP contribution is 2.24. The van der Waals surface area contributed by atoms with Gasteiger partial charge < -0.3 is 9.94 Å². The molecule has 78 valence electrons. The summed E-state index contributed by atoms with van der Waals surface area (Å²) in [7, 11) is 1.59. The first kappa shape index (κ1) is 9.71. The van der Waals surface area contributed by atoms with Crippen LogP contribution in [-0.2, 0) is 6.42 Å². The molecule has 1 aromatic rings. The summed E-state index contributed by atoms with van der Waals surface area (Å²) in [5.41, 5.74) is 1.79. The number of ketones is 1. The van der Waals surface area contributed by atoms with Crippen LogP contribution >= 0.6 is 0 Å². The number of carbonyl (C=O) groups is 1. The van der Waals surface area contributed by atoms with Crippen LogP contribution < -0.4 is 4.74 Å². The first-order valence-electron chi connectivity index (χ1n) is 4.69. The van der Waals surface area contributed by atoms with Crippen LogP contribution in [0.3, 0.4) is 0 Å². The maximum atomic E-state index is 11.7. The Morgan fingerprint density at radius 1 is 1.40 bits per heavy atom. The van der Waals surface area contributed by atoms with E-state index >= 15 is 0 Å². The quantitative estimate of drug-likeness (QED) is 0.560. The number of hydrogen-bond donors (Lipinski definition) is 1. The molecule has 2 rings (SSSR count). The van der Waals surface area contributed by atoms with E-state index in [1.165, 1.54) is 0 Å². The Bertz CT molecular complexity index is 437. The van der Waals surface area contributed by atoms with Crippen LogP contribution in [0.5, 0.6) is 5.75 Å². The zero-order valence-electron chi connectivity index (χ0n) is 8.36. The third-order valence-electron chi connectivity index (χ3n) is 2.57. The molecule has 1 N–H and O–H groups in total. The standard InChI is InChI=1S/C11H11NO3/c1-15-8-3-4-9-7(6-8)2-5-10(12-14)11(9)13/h3-4,6,14H,2,5H2,1H3/b12-10-. The fourth-order valence-corrected chi connectivity index (χ4v) is 1.74. The molecular weight excluding hydrogens is 194 g/mol. The summed E-state index contributed by atoms with van der Waals surface area (Å²) in [5, 5.41) is 11.6. The van der Waals surface area contributed by atoms with Crippen molar-refractivity contribution < 1.29 is 14.7 Å². The highest BCUT2D eigenvalue weighted by molar-refractivity contribution is 6.47. The van der Waals surface area contributed by atoms with Crippen LogP contribution in [0.15, 0.2) is 23.4 Å². The minimum absolute atomic E-state index is 0.193. The molecular formula is C11H11NO3. The number of methoxy groups -OCH3 is 1. The molecule has 0 fully saturated rings. The van der Waals surface area contributed by atoms with Crippen LogP contribution in [0.4, 0.5) is 0 Å². The average Bonchev–Trinajstić information content (AvgIpc) is 2.29. The lowest BCUT2D eigenvalue weighted by molar-refractivity contribution is 0.105. The Labute approximate surface area is 87.2 Å². The molecule has 0 heterocycles. The first-order chi connectivity index (χ1) is 7.26. The zero-order chi connectivity index (χ0) is 10.8. The summed E-state index contributed by atoms with van der Waals surface area (Å²) in [5.74, 6) is 0.548. The molecule has 1 aliphatic rings. The molecule has 4 nitrogen and oxygen atoms in total. The molecule has 0 aliphatic heterocycles. The maximum Gasteiger partial charge on any atom is 0.210 e. The van der Waals surface area contributed by atoms with Crippen LogP contribution in [0.2, 0.25) is 0 Å². The van der Waals surface area contributed by atoms with E-state index in [-0.39, 0.29) is 11.5 Å². The van der Waals surface area contributed by atoms with Gasteiger partial charge in [-0.15, -0.1) is 0 Å². The van der Waals surface area contributed by atoms with Gasteiger partial charge in [-0.3, -0.25) is 4.79 Å². The van der Waals surface area contributed by atoms with Gasteiger partial charge in [0, 0.05) is 12.0 Å². The molecule has 0 bridgehead atoms. The summed E-state index contributed by atoms with van der Waals surface area (Å²) in [4.78, 5) is 11.7. The van der Waals surface area contributed by atoms with Gasteiger partial charge in [-0.2, -0.15) is 0 Å². The van der Waals surface area contributed by atoms with Crippen LogP contribution in [-0.4, -0.2) is 23.8 Å². The summed E-state index contributed by atoms with van der Waals surface area (Å²) < 4.78 is 5.08. The minimum atomic E-state index is -0.193. The van der Waals surface area contributed by atoms with Crippen LogP contribution in [0, 0.1) is 0 Å². The van der Waals surface area contributed by atoms with Crippen molar-refractivity contribution in [1.82, 2.24) is 0 Å². The number of nitrogens with zero attached hydrogens (tertiary/aromatic N) is 1. The number of rotatable bonds is 1. The molecule has 0 saturated carbocycles. The fourth-order valence-electron chi connectivity index (χ4n) is 1.74. The van der Waals surface area contributed by atoms with Crippen molar-refractivity contribution in [1.29, 1.82) is 0 Å². The highest BCUT2D eigenvalue weighted by atomic mass is 16.5. The third-order valence-corrected chi connectivity index (χ3v) is 2.57. The molecule has 1 aromatic carbocycles. The molecule has 0 aromatic heterocycles. The number of ether oxygens (including phenoxy) is 1. The summed E-state index contributed by atoms with van der Waals surface area (Å²) in [6, 6.07) is 5.29. The van der Waals surface area contributed by atoms with Gasteiger partial charge >= 0.3 is 0 Å². The smallest absolute Gasteiger partial charge is 0.210 e. The third kappa shape index (κ3) is 1.58. The van der Waals surface area contributed by atoms with Crippen molar-refractivity contribution in [3.05, 3.63) is 29.3 Å². The van der Waals surface area contributed by atoms with E-state index in [0.29, 0.717) is 18.4 Å². The predicted molar refractivity (Wildman–Crippen MR) is 54.9 cm³/mol. The number of aryl methyl sites for hydroxylation is 1. The number of Topliss-reactive ketones (excluding diaryl/α,β-unsaturated/α-hetero) is 1. The van der Waals surface area contributed by atoms with E-state index in [1.54, 1.807) is 19.2 Å². The van der Waals surface area contributed by atoms with E-state index in [9.17, 15) is 4.79 Å². The van der Waals surface area contributed by atoms with E-state index in [4.69, 9.17) is 9.94 Å². The maximum absolute atomic E-state index is 11.7. The van der Waals surface area contributed by atoms with Crippen molar-refractivity contribution in [2.24, 2.45) is 5.16 Å². The topological polar surface area (TPSA) is 58.9 Å². The van der Waals surface area contributed by atoms with Gasteiger partial charge in [0.2, 0.25) is 5.78 Å². The Hall–Kier alpha value is -1.84. The van der Waals surface area contributed by atoms with Gasteiger partial charge in [0.15, 0.2) is 0 Å². The van der Waals surface area contributed by atoms with E-state index in [0.717, 1.165) is 11.3 Å². The van der Waals surface area contributed by atoms with Crippen LogP contribution in [0.25, 0.3) is 0 Å². The number of hydrogen-bond acceptors (Lipinski definition) is 4. The van der Waals surface area contributed by atoms with Gasteiger partial charge in [0.05, 0.1) is 7.11 Å². The van der Waals surface area contributed by atoms with Crippen molar-refractivity contribution in [3.8, 4) is 5.75 Å². The monoisotopic (exact) mass is 205 g/mol. The van der Waals surface area contributed by atoms with E-state index < -0.39 is 0 Å². The van der Waals surface area contributed by atoms with Gasteiger partial charge in [-0.1, -0.05) is 5.16 Å².